The van der Waals surface area contributed by atoms with Crippen LogP contribution in [0.25, 0.3) is 5.57 Å². The first kappa shape index (κ1) is 11.8. The van der Waals surface area contributed by atoms with Crippen LogP contribution in [0.1, 0.15) is 16.7 Å². The summed E-state index contributed by atoms with van der Waals surface area (Å²) in [4.78, 5) is 0. The van der Waals surface area contributed by atoms with Gasteiger partial charge in [0.2, 0.25) is 0 Å². The Balaban J connectivity index is 2.18. The van der Waals surface area contributed by atoms with Gasteiger partial charge >= 0.3 is 0 Å². The largest absolute Gasteiger partial charge is 0.384 e. The molecule has 0 bridgehead atoms. The third kappa shape index (κ3) is 2.19. The lowest BCUT2D eigenvalue weighted by Crippen LogP contribution is -1.87. The Morgan fingerprint density at radius 1 is 0.947 bits per heavy atom. The molecule has 92 valence electrons. The normalized spacial score (nSPS) is 12.9. The summed E-state index contributed by atoms with van der Waals surface area (Å²) in [5.41, 5.74) is 6.06. The van der Waals surface area contributed by atoms with E-state index in [1.807, 2.05) is 18.2 Å². The van der Waals surface area contributed by atoms with Gasteiger partial charge in [0.25, 0.3) is 0 Å². The van der Waals surface area contributed by atoms with Crippen molar-refractivity contribution in [1.29, 1.82) is 0 Å². The molecule has 3 rings (SSSR count). The van der Waals surface area contributed by atoms with E-state index >= 15 is 0 Å². The molecule has 1 N–H and O–H groups in total. The minimum atomic E-state index is -0.0953. The first-order valence-electron chi connectivity index (χ1n) is 6.36. The fraction of sp³-hybridized carbons (Fsp3) is 0.111. The molecule has 0 saturated carbocycles. The summed E-state index contributed by atoms with van der Waals surface area (Å²) < 4.78 is 0. The molecule has 1 aliphatic carbocycles. The van der Waals surface area contributed by atoms with E-state index in [4.69, 9.17) is 5.11 Å². The molecule has 0 saturated heterocycles. The van der Waals surface area contributed by atoms with E-state index in [0.717, 1.165) is 12.0 Å². The first-order chi connectivity index (χ1) is 9.40. The molecule has 0 spiro atoms. The molecule has 1 nitrogen and oxygen atoms in total. The molecule has 1 aliphatic rings. The van der Waals surface area contributed by atoms with Crippen LogP contribution >= 0.6 is 0 Å². The Labute approximate surface area is 113 Å². The first-order valence-corrected chi connectivity index (χ1v) is 6.36. The molecule has 0 atom stereocenters. The van der Waals surface area contributed by atoms with Gasteiger partial charge in [0.05, 0.1) is 0 Å². The average molecular weight is 246 g/mol. The van der Waals surface area contributed by atoms with Crippen molar-refractivity contribution in [1.82, 2.24) is 0 Å². The molecule has 0 unspecified atom stereocenters. The summed E-state index contributed by atoms with van der Waals surface area (Å²) in [6.07, 6.45) is 0.855. The number of fused-ring (bicyclic) bond motifs is 1. The van der Waals surface area contributed by atoms with Gasteiger partial charge in [-0.05, 0) is 16.7 Å². The molecule has 0 fully saturated rings. The fourth-order valence-corrected chi connectivity index (χ4v) is 2.55. The Morgan fingerprint density at radius 2 is 1.68 bits per heavy atom. The second kappa shape index (κ2) is 5.14. The number of allylic oxidation sites excluding steroid dienone is 1. The Kier molecular flexibility index (Phi) is 3.18. The molecular formula is C18H14O. The van der Waals surface area contributed by atoms with Crippen LogP contribution in [0.2, 0.25) is 0 Å². The molecule has 2 aromatic carbocycles. The van der Waals surface area contributed by atoms with Crippen molar-refractivity contribution in [2.45, 2.75) is 6.42 Å². The fourth-order valence-electron chi connectivity index (χ4n) is 2.55. The SMILES string of the molecule is OCC#CC1=C(c2ccccc2)c2ccccc2C1. The molecule has 0 radical (unpaired) electrons. The molecule has 1 heteroatoms. The van der Waals surface area contributed by atoms with Gasteiger partial charge in [-0.2, -0.15) is 0 Å². The quantitative estimate of drug-likeness (QED) is 0.767. The van der Waals surface area contributed by atoms with Crippen molar-refractivity contribution >= 4 is 5.57 Å². The van der Waals surface area contributed by atoms with Crippen LogP contribution in [0.5, 0.6) is 0 Å². The van der Waals surface area contributed by atoms with E-state index in [-0.39, 0.29) is 6.61 Å². The Bertz CT molecular complexity index is 684. The second-order valence-electron chi connectivity index (χ2n) is 4.51. The zero-order valence-corrected chi connectivity index (χ0v) is 10.6. The molecule has 19 heavy (non-hydrogen) atoms. The average Bonchev–Trinajstić information content (AvgIpc) is 2.84. The van der Waals surface area contributed by atoms with Gasteiger partial charge in [0, 0.05) is 17.6 Å². The zero-order valence-electron chi connectivity index (χ0n) is 10.6. The predicted molar refractivity (Wildman–Crippen MR) is 77.5 cm³/mol. The zero-order chi connectivity index (χ0) is 13.1. The molecule has 2 aromatic rings. The van der Waals surface area contributed by atoms with Crippen LogP contribution in [0.4, 0.5) is 0 Å². The van der Waals surface area contributed by atoms with Crippen molar-refractivity contribution in [2.75, 3.05) is 6.61 Å². The number of hydrogen-bond donors (Lipinski definition) is 1. The van der Waals surface area contributed by atoms with Gasteiger partial charge in [0.1, 0.15) is 6.61 Å². The third-order valence-electron chi connectivity index (χ3n) is 3.34. The highest BCUT2D eigenvalue weighted by Crippen LogP contribution is 2.36. The van der Waals surface area contributed by atoms with Crippen LogP contribution in [-0.4, -0.2) is 11.7 Å². The van der Waals surface area contributed by atoms with E-state index in [1.165, 1.54) is 22.3 Å². The van der Waals surface area contributed by atoms with E-state index in [1.54, 1.807) is 0 Å². The van der Waals surface area contributed by atoms with Gasteiger partial charge in [-0.25, -0.2) is 0 Å². The van der Waals surface area contributed by atoms with E-state index in [9.17, 15) is 0 Å². The maximum Gasteiger partial charge on any atom is 0.104 e. The second-order valence-corrected chi connectivity index (χ2v) is 4.51. The van der Waals surface area contributed by atoms with Crippen molar-refractivity contribution in [3.05, 3.63) is 76.9 Å². The predicted octanol–water partition coefficient (Wildman–Crippen LogP) is 3.04. The van der Waals surface area contributed by atoms with Crippen LogP contribution in [0.3, 0.4) is 0 Å². The van der Waals surface area contributed by atoms with Crippen molar-refractivity contribution in [3.8, 4) is 11.8 Å². The molecule has 0 aromatic heterocycles. The third-order valence-corrected chi connectivity index (χ3v) is 3.34. The lowest BCUT2D eigenvalue weighted by atomic mass is 9.98. The van der Waals surface area contributed by atoms with Crippen molar-refractivity contribution in [3.63, 3.8) is 0 Å². The topological polar surface area (TPSA) is 20.2 Å². The van der Waals surface area contributed by atoms with E-state index in [0.29, 0.717) is 0 Å². The van der Waals surface area contributed by atoms with E-state index in [2.05, 4.69) is 48.2 Å². The monoisotopic (exact) mass is 246 g/mol. The molecule has 0 heterocycles. The van der Waals surface area contributed by atoms with Gasteiger partial charge in [-0.15, -0.1) is 0 Å². The highest BCUT2D eigenvalue weighted by molar-refractivity contribution is 5.89. The lowest BCUT2D eigenvalue weighted by molar-refractivity contribution is 0.350. The summed E-state index contributed by atoms with van der Waals surface area (Å²) >= 11 is 0. The minimum Gasteiger partial charge on any atom is -0.384 e. The highest BCUT2D eigenvalue weighted by atomic mass is 16.2. The van der Waals surface area contributed by atoms with Gasteiger partial charge < -0.3 is 5.11 Å². The number of aliphatic hydroxyl groups is 1. The van der Waals surface area contributed by atoms with Crippen LogP contribution in [0.15, 0.2) is 60.2 Å². The molecular weight excluding hydrogens is 232 g/mol. The summed E-state index contributed by atoms with van der Waals surface area (Å²) in [7, 11) is 0. The van der Waals surface area contributed by atoms with Crippen molar-refractivity contribution < 1.29 is 5.11 Å². The van der Waals surface area contributed by atoms with Crippen LogP contribution in [-0.2, 0) is 6.42 Å². The number of benzene rings is 2. The summed E-state index contributed by atoms with van der Waals surface area (Å²) in [6, 6.07) is 18.7. The maximum absolute atomic E-state index is 8.90. The minimum absolute atomic E-state index is 0.0953. The van der Waals surface area contributed by atoms with Crippen molar-refractivity contribution in [2.24, 2.45) is 0 Å². The van der Waals surface area contributed by atoms with Gasteiger partial charge in [0.15, 0.2) is 0 Å². The van der Waals surface area contributed by atoms with Gasteiger partial charge in [-0.1, -0.05) is 66.4 Å². The van der Waals surface area contributed by atoms with Crippen LogP contribution in [0, 0.1) is 11.8 Å². The standard InChI is InChI=1S/C18H14O/c19-12-6-10-16-13-15-9-4-5-11-17(15)18(16)14-7-2-1-3-8-14/h1-5,7-9,11,19H,12-13H2. The lowest BCUT2D eigenvalue weighted by Gasteiger charge is -2.06. The smallest absolute Gasteiger partial charge is 0.104 e. The summed E-state index contributed by atoms with van der Waals surface area (Å²) in [6.45, 7) is -0.0953. The number of rotatable bonds is 1. The van der Waals surface area contributed by atoms with E-state index < -0.39 is 0 Å². The maximum atomic E-state index is 8.90. The Morgan fingerprint density at radius 3 is 2.47 bits per heavy atom. The molecule has 0 aliphatic heterocycles. The summed E-state index contributed by atoms with van der Waals surface area (Å²) in [5, 5.41) is 8.90. The Hall–Kier alpha value is -2.30. The highest BCUT2D eigenvalue weighted by Gasteiger charge is 2.20. The summed E-state index contributed by atoms with van der Waals surface area (Å²) in [5.74, 6) is 5.88. The molecule has 0 amide bonds. The van der Waals surface area contributed by atoms with Crippen LogP contribution < -0.4 is 0 Å². The number of aliphatic hydroxyl groups excluding tert-OH is 1. The van der Waals surface area contributed by atoms with Gasteiger partial charge in [-0.3, -0.25) is 0 Å². The number of hydrogen-bond acceptors (Lipinski definition) is 1.